The predicted octanol–water partition coefficient (Wildman–Crippen LogP) is 1.23. The van der Waals surface area contributed by atoms with Gasteiger partial charge < -0.3 is 10.1 Å². The Balaban J connectivity index is 2.53. The zero-order valence-corrected chi connectivity index (χ0v) is 8.24. The summed E-state index contributed by atoms with van der Waals surface area (Å²) in [4.78, 5) is 8.30. The summed E-state index contributed by atoms with van der Waals surface area (Å²) in [5.41, 5.74) is 0.960. The quantitative estimate of drug-likeness (QED) is 0.759. The SMILES string of the molecule is COC[C@@H](C)Nc1nccc(C)n1. The Labute approximate surface area is 78.4 Å². The predicted molar refractivity (Wildman–Crippen MR) is 51.7 cm³/mol. The number of rotatable bonds is 4. The molecule has 4 nitrogen and oxygen atoms in total. The van der Waals surface area contributed by atoms with Gasteiger partial charge in [0.05, 0.1) is 6.61 Å². The summed E-state index contributed by atoms with van der Waals surface area (Å²) in [6, 6.07) is 2.10. The normalized spacial score (nSPS) is 12.5. The third kappa shape index (κ3) is 3.38. The van der Waals surface area contributed by atoms with Crippen molar-refractivity contribution in [3.63, 3.8) is 0 Å². The van der Waals surface area contributed by atoms with Crippen molar-refractivity contribution in [3.8, 4) is 0 Å². The molecule has 0 saturated heterocycles. The maximum atomic E-state index is 4.99. The number of methoxy groups -OCH3 is 1. The lowest BCUT2D eigenvalue weighted by Gasteiger charge is -2.12. The van der Waals surface area contributed by atoms with Crippen LogP contribution in [0.1, 0.15) is 12.6 Å². The topological polar surface area (TPSA) is 47.0 Å². The fourth-order valence-corrected chi connectivity index (χ4v) is 1.03. The molecule has 1 atom stereocenters. The van der Waals surface area contributed by atoms with Crippen LogP contribution in [0.4, 0.5) is 5.95 Å². The average molecular weight is 181 g/mol. The second kappa shape index (κ2) is 4.77. The first-order valence-electron chi connectivity index (χ1n) is 4.27. The lowest BCUT2D eigenvalue weighted by Crippen LogP contribution is -2.22. The maximum absolute atomic E-state index is 4.99. The van der Waals surface area contributed by atoms with E-state index in [0.717, 1.165) is 5.69 Å². The Kier molecular flexibility index (Phi) is 3.64. The van der Waals surface area contributed by atoms with Crippen LogP contribution < -0.4 is 5.32 Å². The molecule has 1 N–H and O–H groups in total. The molecule has 72 valence electrons. The smallest absolute Gasteiger partial charge is 0.223 e. The Hall–Kier alpha value is -1.16. The zero-order chi connectivity index (χ0) is 9.68. The van der Waals surface area contributed by atoms with Crippen molar-refractivity contribution in [2.45, 2.75) is 19.9 Å². The number of aryl methyl sites for hydroxylation is 1. The molecule has 0 spiro atoms. The fourth-order valence-electron chi connectivity index (χ4n) is 1.03. The van der Waals surface area contributed by atoms with E-state index in [4.69, 9.17) is 4.74 Å². The monoisotopic (exact) mass is 181 g/mol. The van der Waals surface area contributed by atoms with Gasteiger partial charge in [0.15, 0.2) is 0 Å². The molecule has 4 heteroatoms. The summed E-state index contributed by atoms with van der Waals surface area (Å²) >= 11 is 0. The number of hydrogen-bond donors (Lipinski definition) is 1. The van der Waals surface area contributed by atoms with Crippen molar-refractivity contribution in [2.24, 2.45) is 0 Å². The van der Waals surface area contributed by atoms with E-state index in [-0.39, 0.29) is 6.04 Å². The second-order valence-corrected chi connectivity index (χ2v) is 3.02. The third-order valence-electron chi connectivity index (χ3n) is 1.59. The summed E-state index contributed by atoms with van der Waals surface area (Å²) in [5, 5.41) is 3.14. The highest BCUT2D eigenvalue weighted by atomic mass is 16.5. The minimum Gasteiger partial charge on any atom is -0.383 e. The van der Waals surface area contributed by atoms with Gasteiger partial charge in [-0.25, -0.2) is 9.97 Å². The first kappa shape index (κ1) is 9.92. The molecule has 0 fully saturated rings. The highest BCUT2D eigenvalue weighted by molar-refractivity contribution is 5.25. The van der Waals surface area contributed by atoms with Gasteiger partial charge >= 0.3 is 0 Å². The van der Waals surface area contributed by atoms with E-state index in [9.17, 15) is 0 Å². The van der Waals surface area contributed by atoms with Crippen LogP contribution in [0.2, 0.25) is 0 Å². The molecule has 1 heterocycles. The average Bonchev–Trinajstić information content (AvgIpc) is 2.04. The Bertz CT molecular complexity index is 265. The van der Waals surface area contributed by atoms with E-state index in [1.54, 1.807) is 13.3 Å². The highest BCUT2D eigenvalue weighted by Gasteiger charge is 2.02. The van der Waals surface area contributed by atoms with Gasteiger partial charge in [-0.15, -0.1) is 0 Å². The van der Waals surface area contributed by atoms with Gasteiger partial charge in [-0.05, 0) is 19.9 Å². The lowest BCUT2D eigenvalue weighted by atomic mass is 10.4. The number of anilines is 1. The van der Waals surface area contributed by atoms with E-state index in [1.165, 1.54) is 0 Å². The number of nitrogens with one attached hydrogen (secondary N) is 1. The van der Waals surface area contributed by atoms with Crippen molar-refractivity contribution in [3.05, 3.63) is 18.0 Å². The first-order valence-corrected chi connectivity index (χ1v) is 4.27. The second-order valence-electron chi connectivity index (χ2n) is 3.02. The molecule has 0 aliphatic rings. The zero-order valence-electron chi connectivity index (χ0n) is 8.24. The van der Waals surface area contributed by atoms with Gasteiger partial charge in [-0.2, -0.15) is 0 Å². The molecule has 1 aromatic heterocycles. The maximum Gasteiger partial charge on any atom is 0.223 e. The van der Waals surface area contributed by atoms with Crippen molar-refractivity contribution in [1.82, 2.24) is 9.97 Å². The number of nitrogens with zero attached hydrogens (tertiary/aromatic N) is 2. The molecular weight excluding hydrogens is 166 g/mol. The minimum atomic E-state index is 0.229. The molecule has 0 bridgehead atoms. The summed E-state index contributed by atoms with van der Waals surface area (Å²) in [6.45, 7) is 4.61. The van der Waals surface area contributed by atoms with Crippen LogP contribution in [0.25, 0.3) is 0 Å². The van der Waals surface area contributed by atoms with Crippen LogP contribution in [0.3, 0.4) is 0 Å². The number of hydrogen-bond acceptors (Lipinski definition) is 4. The van der Waals surface area contributed by atoms with Crippen molar-refractivity contribution >= 4 is 5.95 Å². The van der Waals surface area contributed by atoms with Crippen LogP contribution in [-0.4, -0.2) is 29.7 Å². The van der Waals surface area contributed by atoms with Crippen LogP contribution in [0, 0.1) is 6.92 Å². The van der Waals surface area contributed by atoms with Gasteiger partial charge in [0, 0.05) is 25.0 Å². The van der Waals surface area contributed by atoms with E-state index < -0.39 is 0 Å². The first-order chi connectivity index (χ1) is 6.22. The lowest BCUT2D eigenvalue weighted by molar-refractivity contribution is 0.190. The van der Waals surface area contributed by atoms with Crippen molar-refractivity contribution in [1.29, 1.82) is 0 Å². The van der Waals surface area contributed by atoms with E-state index in [0.29, 0.717) is 12.6 Å². The Morgan fingerprint density at radius 1 is 1.62 bits per heavy atom. The molecule has 0 aliphatic heterocycles. The van der Waals surface area contributed by atoms with Gasteiger partial charge in [0.2, 0.25) is 5.95 Å². The summed E-state index contributed by atoms with van der Waals surface area (Å²) in [6.07, 6.45) is 1.74. The molecule has 1 rings (SSSR count). The summed E-state index contributed by atoms with van der Waals surface area (Å²) in [7, 11) is 1.68. The molecule has 0 amide bonds. The number of ether oxygens (including phenoxy) is 1. The summed E-state index contributed by atoms with van der Waals surface area (Å²) < 4.78 is 4.99. The van der Waals surface area contributed by atoms with Crippen LogP contribution in [-0.2, 0) is 4.74 Å². The molecule has 0 radical (unpaired) electrons. The van der Waals surface area contributed by atoms with E-state index in [1.807, 2.05) is 19.9 Å². The Morgan fingerprint density at radius 2 is 2.38 bits per heavy atom. The van der Waals surface area contributed by atoms with Gasteiger partial charge in [-0.3, -0.25) is 0 Å². The van der Waals surface area contributed by atoms with Crippen LogP contribution in [0.15, 0.2) is 12.3 Å². The summed E-state index contributed by atoms with van der Waals surface area (Å²) in [5.74, 6) is 0.657. The largest absolute Gasteiger partial charge is 0.383 e. The van der Waals surface area contributed by atoms with Crippen molar-refractivity contribution in [2.75, 3.05) is 19.0 Å². The molecule has 0 saturated carbocycles. The minimum absolute atomic E-state index is 0.229. The van der Waals surface area contributed by atoms with Gasteiger partial charge in [0.25, 0.3) is 0 Å². The Morgan fingerprint density at radius 3 is 3.00 bits per heavy atom. The fraction of sp³-hybridized carbons (Fsp3) is 0.556. The standard InChI is InChI=1S/C9H15N3O/c1-7-4-5-10-9(11-7)12-8(2)6-13-3/h4-5,8H,6H2,1-3H3,(H,10,11,12)/t8-/m1/s1. The molecule has 0 unspecified atom stereocenters. The van der Waals surface area contributed by atoms with Crippen LogP contribution in [0.5, 0.6) is 0 Å². The molecule has 0 aliphatic carbocycles. The molecule has 0 aromatic carbocycles. The van der Waals surface area contributed by atoms with Crippen molar-refractivity contribution < 1.29 is 4.74 Å². The van der Waals surface area contributed by atoms with E-state index in [2.05, 4.69) is 15.3 Å². The van der Waals surface area contributed by atoms with E-state index >= 15 is 0 Å². The molecular formula is C9H15N3O. The number of aromatic nitrogens is 2. The third-order valence-corrected chi connectivity index (χ3v) is 1.59. The highest BCUT2D eigenvalue weighted by Crippen LogP contribution is 2.00. The van der Waals surface area contributed by atoms with Crippen LogP contribution >= 0.6 is 0 Å². The van der Waals surface area contributed by atoms with Gasteiger partial charge in [-0.1, -0.05) is 0 Å². The van der Waals surface area contributed by atoms with Gasteiger partial charge in [0.1, 0.15) is 0 Å². The molecule has 1 aromatic rings. The molecule has 13 heavy (non-hydrogen) atoms.